The van der Waals surface area contributed by atoms with E-state index in [1.165, 1.54) is 11.1 Å². The predicted molar refractivity (Wildman–Crippen MR) is 89.9 cm³/mol. The van der Waals surface area contributed by atoms with Crippen LogP contribution in [-0.4, -0.2) is 25.9 Å². The van der Waals surface area contributed by atoms with Gasteiger partial charge in [0.2, 0.25) is 0 Å². The second kappa shape index (κ2) is 6.60. The van der Waals surface area contributed by atoms with Crippen LogP contribution in [0.1, 0.15) is 23.1 Å². The fourth-order valence-corrected chi connectivity index (χ4v) is 3.45. The Hall–Kier alpha value is -2.04. The highest BCUT2D eigenvalue weighted by Gasteiger charge is 2.37. The molecule has 1 atom stereocenters. The number of nitrogens with one attached hydrogen (secondary N) is 1. The number of ether oxygens (including phenoxy) is 2. The summed E-state index contributed by atoms with van der Waals surface area (Å²) in [6.07, 6.45) is 1.88. The van der Waals surface area contributed by atoms with Crippen molar-refractivity contribution in [2.24, 2.45) is 0 Å². The molecule has 2 N–H and O–H groups in total. The van der Waals surface area contributed by atoms with Crippen LogP contribution in [0.5, 0.6) is 11.5 Å². The molecule has 122 valence electrons. The van der Waals surface area contributed by atoms with Crippen LogP contribution < -0.4 is 14.8 Å². The van der Waals surface area contributed by atoms with E-state index in [2.05, 4.69) is 23.5 Å². The van der Waals surface area contributed by atoms with E-state index >= 15 is 0 Å². The van der Waals surface area contributed by atoms with Crippen LogP contribution in [0.2, 0.25) is 0 Å². The Bertz CT molecular complexity index is 686. The lowest BCUT2D eigenvalue weighted by Crippen LogP contribution is -2.43. The first-order valence-corrected chi connectivity index (χ1v) is 7.88. The van der Waals surface area contributed by atoms with Gasteiger partial charge in [-0.05, 0) is 30.0 Å². The molecule has 2 aromatic rings. The highest BCUT2D eigenvalue weighted by molar-refractivity contribution is 5.47. The van der Waals surface area contributed by atoms with Gasteiger partial charge in [-0.2, -0.15) is 0 Å². The average molecular weight is 313 g/mol. The first-order chi connectivity index (χ1) is 11.2. The molecule has 0 aliphatic heterocycles. The van der Waals surface area contributed by atoms with E-state index in [1.54, 1.807) is 14.2 Å². The first-order valence-electron chi connectivity index (χ1n) is 7.88. The molecule has 0 bridgehead atoms. The SMILES string of the molecule is COc1cccc(CNC2(CO)CCc3ccccc32)c1OC. The van der Waals surface area contributed by atoms with Crippen LogP contribution in [0.25, 0.3) is 0 Å². The molecular weight excluding hydrogens is 290 g/mol. The van der Waals surface area contributed by atoms with Crippen molar-refractivity contribution >= 4 is 0 Å². The van der Waals surface area contributed by atoms with Gasteiger partial charge in [-0.3, -0.25) is 0 Å². The van der Waals surface area contributed by atoms with Crippen molar-refractivity contribution in [1.82, 2.24) is 5.32 Å². The van der Waals surface area contributed by atoms with Crippen molar-refractivity contribution in [2.45, 2.75) is 24.9 Å². The van der Waals surface area contributed by atoms with E-state index in [1.807, 2.05) is 24.3 Å². The Balaban J connectivity index is 1.86. The molecule has 3 rings (SSSR count). The van der Waals surface area contributed by atoms with Crippen molar-refractivity contribution in [3.8, 4) is 11.5 Å². The molecule has 0 heterocycles. The standard InChI is InChI=1S/C19H23NO3/c1-22-17-9-5-7-15(18(17)23-2)12-20-19(13-21)11-10-14-6-3-4-8-16(14)19/h3-9,20-21H,10-13H2,1-2H3. The zero-order valence-corrected chi connectivity index (χ0v) is 13.6. The minimum absolute atomic E-state index is 0.0797. The number of aliphatic hydroxyl groups excluding tert-OH is 1. The molecule has 0 radical (unpaired) electrons. The van der Waals surface area contributed by atoms with Crippen molar-refractivity contribution in [2.75, 3.05) is 20.8 Å². The number of hydrogen-bond donors (Lipinski definition) is 2. The van der Waals surface area contributed by atoms with Gasteiger partial charge in [0, 0.05) is 12.1 Å². The minimum Gasteiger partial charge on any atom is -0.493 e. The van der Waals surface area contributed by atoms with Gasteiger partial charge in [0.1, 0.15) is 0 Å². The molecule has 1 unspecified atom stereocenters. The lowest BCUT2D eigenvalue weighted by atomic mass is 9.92. The second-order valence-corrected chi connectivity index (χ2v) is 5.90. The summed E-state index contributed by atoms with van der Waals surface area (Å²) in [6, 6.07) is 14.2. The summed E-state index contributed by atoms with van der Waals surface area (Å²) < 4.78 is 10.8. The maximum absolute atomic E-state index is 10.1. The van der Waals surface area contributed by atoms with Crippen molar-refractivity contribution in [3.63, 3.8) is 0 Å². The number of methoxy groups -OCH3 is 2. The number of aryl methyl sites for hydroxylation is 1. The molecule has 1 aliphatic carbocycles. The van der Waals surface area contributed by atoms with Gasteiger partial charge in [0.05, 0.1) is 26.4 Å². The number of fused-ring (bicyclic) bond motifs is 1. The molecule has 0 fully saturated rings. The summed E-state index contributed by atoms with van der Waals surface area (Å²) in [6.45, 7) is 0.686. The number of aliphatic hydroxyl groups is 1. The van der Waals surface area contributed by atoms with Gasteiger partial charge < -0.3 is 19.9 Å². The van der Waals surface area contributed by atoms with E-state index in [-0.39, 0.29) is 12.1 Å². The minimum atomic E-state index is -0.384. The smallest absolute Gasteiger partial charge is 0.165 e. The van der Waals surface area contributed by atoms with E-state index in [9.17, 15) is 5.11 Å². The normalized spacial score (nSPS) is 19.4. The zero-order chi connectivity index (χ0) is 16.3. The van der Waals surface area contributed by atoms with Gasteiger partial charge in [0.15, 0.2) is 11.5 Å². The molecular formula is C19H23NO3. The lowest BCUT2D eigenvalue weighted by Gasteiger charge is -2.30. The summed E-state index contributed by atoms with van der Waals surface area (Å²) in [5.74, 6) is 1.46. The van der Waals surface area contributed by atoms with Gasteiger partial charge in [-0.15, -0.1) is 0 Å². The van der Waals surface area contributed by atoms with Crippen LogP contribution in [0.3, 0.4) is 0 Å². The molecule has 0 amide bonds. The third-order valence-electron chi connectivity index (χ3n) is 4.73. The third-order valence-corrected chi connectivity index (χ3v) is 4.73. The van der Waals surface area contributed by atoms with Crippen LogP contribution in [0, 0.1) is 0 Å². The van der Waals surface area contributed by atoms with Gasteiger partial charge in [0.25, 0.3) is 0 Å². The van der Waals surface area contributed by atoms with E-state index in [0.717, 1.165) is 29.9 Å². The quantitative estimate of drug-likeness (QED) is 0.861. The van der Waals surface area contributed by atoms with Gasteiger partial charge in [-0.1, -0.05) is 36.4 Å². The highest BCUT2D eigenvalue weighted by atomic mass is 16.5. The summed E-state index contributed by atoms with van der Waals surface area (Å²) in [4.78, 5) is 0. The van der Waals surface area contributed by atoms with E-state index in [0.29, 0.717) is 6.54 Å². The number of para-hydroxylation sites is 1. The van der Waals surface area contributed by atoms with Crippen LogP contribution in [0.4, 0.5) is 0 Å². The molecule has 2 aromatic carbocycles. The maximum Gasteiger partial charge on any atom is 0.165 e. The largest absolute Gasteiger partial charge is 0.493 e. The maximum atomic E-state index is 10.1. The Morgan fingerprint density at radius 3 is 2.65 bits per heavy atom. The van der Waals surface area contributed by atoms with Crippen molar-refractivity contribution in [3.05, 3.63) is 59.2 Å². The molecule has 0 saturated carbocycles. The summed E-state index contributed by atoms with van der Waals surface area (Å²) >= 11 is 0. The van der Waals surface area contributed by atoms with Gasteiger partial charge >= 0.3 is 0 Å². The monoisotopic (exact) mass is 313 g/mol. The Labute approximate surface area is 137 Å². The average Bonchev–Trinajstić information content (AvgIpc) is 2.99. The summed E-state index contributed by atoms with van der Waals surface area (Å²) in [5.41, 5.74) is 3.14. The second-order valence-electron chi connectivity index (χ2n) is 5.90. The number of rotatable bonds is 6. The first kappa shape index (κ1) is 15.8. The fraction of sp³-hybridized carbons (Fsp3) is 0.368. The zero-order valence-electron chi connectivity index (χ0n) is 13.6. The van der Waals surface area contributed by atoms with Crippen LogP contribution in [-0.2, 0) is 18.5 Å². The van der Waals surface area contributed by atoms with Crippen molar-refractivity contribution < 1.29 is 14.6 Å². The Morgan fingerprint density at radius 2 is 1.91 bits per heavy atom. The molecule has 4 heteroatoms. The molecule has 1 aliphatic rings. The third kappa shape index (κ3) is 2.80. The van der Waals surface area contributed by atoms with Crippen LogP contribution in [0.15, 0.2) is 42.5 Å². The molecule has 0 saturated heterocycles. The summed E-state index contributed by atoms with van der Waals surface area (Å²) in [7, 11) is 3.28. The summed E-state index contributed by atoms with van der Waals surface area (Å²) in [5, 5.41) is 13.6. The topological polar surface area (TPSA) is 50.7 Å². The van der Waals surface area contributed by atoms with Crippen LogP contribution >= 0.6 is 0 Å². The molecule has 0 aromatic heterocycles. The Morgan fingerprint density at radius 1 is 1.09 bits per heavy atom. The fourth-order valence-electron chi connectivity index (χ4n) is 3.45. The van der Waals surface area contributed by atoms with E-state index < -0.39 is 0 Å². The lowest BCUT2D eigenvalue weighted by molar-refractivity contribution is 0.158. The molecule has 4 nitrogen and oxygen atoms in total. The highest BCUT2D eigenvalue weighted by Crippen LogP contribution is 2.38. The number of hydrogen-bond acceptors (Lipinski definition) is 4. The number of benzene rings is 2. The predicted octanol–water partition coefficient (Wildman–Crippen LogP) is 2.63. The molecule has 0 spiro atoms. The molecule has 23 heavy (non-hydrogen) atoms. The van der Waals surface area contributed by atoms with Gasteiger partial charge in [-0.25, -0.2) is 0 Å². The Kier molecular flexibility index (Phi) is 4.55. The van der Waals surface area contributed by atoms with Crippen molar-refractivity contribution in [1.29, 1.82) is 0 Å². The van der Waals surface area contributed by atoms with E-state index in [4.69, 9.17) is 9.47 Å².